The van der Waals surface area contributed by atoms with E-state index in [0.29, 0.717) is 6.54 Å². The Labute approximate surface area is 72.2 Å². The third-order valence-corrected chi connectivity index (χ3v) is 1.19. The fraction of sp³-hybridized carbons (Fsp3) is 0.750. The second-order valence-corrected chi connectivity index (χ2v) is 2.14. The van der Waals surface area contributed by atoms with Gasteiger partial charge in [0.25, 0.3) is 0 Å². The smallest absolute Gasteiger partial charge is 0.222 e. The van der Waals surface area contributed by atoms with Gasteiger partial charge in [-0.2, -0.15) is 0 Å². The largest absolute Gasteiger partial charge is 0.234 e. The van der Waals surface area contributed by atoms with Crippen LogP contribution in [-0.4, -0.2) is 18.7 Å². The standard InChI is InChI=1S/C7H13NO.CHNO/c1-2-3-4-5-6-8-7-9;2-1-3/h2-6H2,1H3;2H. The third kappa shape index (κ3) is 23.3. The second kappa shape index (κ2) is 16.4. The van der Waals surface area contributed by atoms with Gasteiger partial charge in [0.15, 0.2) is 0 Å². The predicted octanol–water partition coefficient (Wildman–Crippen LogP) is 1.80. The monoisotopic (exact) mass is 170 g/mol. The van der Waals surface area contributed by atoms with Gasteiger partial charge in [-0.25, -0.2) is 20.0 Å². The topological polar surface area (TPSA) is 70.3 Å². The number of hydrogen-bond acceptors (Lipinski definition) is 4. The molecule has 1 N–H and O–H groups in total. The molecule has 0 radical (unpaired) electrons. The summed E-state index contributed by atoms with van der Waals surface area (Å²) >= 11 is 0. The van der Waals surface area contributed by atoms with Crippen molar-refractivity contribution in [3.8, 4) is 0 Å². The fourth-order valence-electron chi connectivity index (χ4n) is 0.663. The normalized spacial score (nSPS) is 7.08. The van der Waals surface area contributed by atoms with E-state index in [9.17, 15) is 4.79 Å². The molecule has 0 bridgehead atoms. The summed E-state index contributed by atoms with van der Waals surface area (Å²) in [6.45, 7) is 2.81. The average molecular weight is 170 g/mol. The predicted molar refractivity (Wildman–Crippen MR) is 45.5 cm³/mol. The Hall–Kier alpha value is -1.24. The Morgan fingerprint density at radius 2 is 1.83 bits per heavy atom. The number of nitrogens with one attached hydrogen (secondary N) is 1. The van der Waals surface area contributed by atoms with Gasteiger partial charge in [-0.3, -0.25) is 0 Å². The van der Waals surface area contributed by atoms with Crippen LogP contribution < -0.4 is 0 Å². The summed E-state index contributed by atoms with van der Waals surface area (Å²) in [5.74, 6) is 0. The highest BCUT2D eigenvalue weighted by Crippen LogP contribution is 1.97. The number of rotatable bonds is 5. The van der Waals surface area contributed by atoms with Crippen LogP contribution in [0.15, 0.2) is 4.99 Å². The zero-order valence-electron chi connectivity index (χ0n) is 7.30. The maximum atomic E-state index is 9.55. The minimum atomic E-state index is 0.656. The van der Waals surface area contributed by atoms with E-state index < -0.39 is 0 Å². The van der Waals surface area contributed by atoms with E-state index in [1.807, 2.05) is 0 Å². The molecule has 0 spiro atoms. The van der Waals surface area contributed by atoms with E-state index >= 15 is 0 Å². The van der Waals surface area contributed by atoms with Gasteiger partial charge >= 0.3 is 0 Å². The number of carbonyl (C=O) groups excluding carboxylic acids is 2. The molecular weight excluding hydrogens is 156 g/mol. The Kier molecular flexibility index (Phi) is 18.2. The molecule has 4 nitrogen and oxygen atoms in total. The van der Waals surface area contributed by atoms with Gasteiger partial charge in [0.05, 0.1) is 6.54 Å². The average Bonchev–Trinajstić information content (AvgIpc) is 2.06. The number of nitrogens with zero attached hydrogens (tertiary/aromatic N) is 1. The van der Waals surface area contributed by atoms with E-state index in [2.05, 4.69) is 11.9 Å². The van der Waals surface area contributed by atoms with E-state index in [0.717, 1.165) is 12.5 Å². The lowest BCUT2D eigenvalue weighted by atomic mass is 10.2. The number of aliphatic imine (C=N–C) groups is 1. The molecule has 0 aliphatic rings. The van der Waals surface area contributed by atoms with Crippen molar-refractivity contribution in [1.29, 1.82) is 5.41 Å². The molecule has 0 aromatic rings. The highest BCUT2D eigenvalue weighted by Gasteiger charge is 1.83. The summed E-state index contributed by atoms with van der Waals surface area (Å²) in [7, 11) is 0. The van der Waals surface area contributed by atoms with Gasteiger partial charge in [0.2, 0.25) is 12.2 Å². The first-order valence-corrected chi connectivity index (χ1v) is 3.91. The molecule has 4 heteroatoms. The molecule has 68 valence electrons. The van der Waals surface area contributed by atoms with Crippen molar-refractivity contribution in [2.45, 2.75) is 32.6 Å². The van der Waals surface area contributed by atoms with Crippen molar-refractivity contribution in [2.24, 2.45) is 4.99 Å². The zero-order chi connectivity index (χ0) is 9.66. The Morgan fingerprint density at radius 3 is 2.25 bits per heavy atom. The summed E-state index contributed by atoms with van der Waals surface area (Å²) in [5.41, 5.74) is 0. The van der Waals surface area contributed by atoms with Gasteiger partial charge < -0.3 is 0 Å². The van der Waals surface area contributed by atoms with Crippen molar-refractivity contribution in [1.82, 2.24) is 0 Å². The van der Waals surface area contributed by atoms with E-state index in [1.165, 1.54) is 25.3 Å². The molecule has 0 aromatic heterocycles. The minimum Gasteiger partial charge on any atom is -0.222 e. The van der Waals surface area contributed by atoms with Gasteiger partial charge in [-0.05, 0) is 6.42 Å². The van der Waals surface area contributed by atoms with Crippen molar-refractivity contribution < 1.29 is 9.59 Å². The fourth-order valence-corrected chi connectivity index (χ4v) is 0.663. The first-order valence-electron chi connectivity index (χ1n) is 3.91. The Morgan fingerprint density at radius 1 is 1.25 bits per heavy atom. The van der Waals surface area contributed by atoms with Crippen LogP contribution in [0, 0.1) is 5.41 Å². The maximum absolute atomic E-state index is 9.55. The van der Waals surface area contributed by atoms with Crippen molar-refractivity contribution in [3.63, 3.8) is 0 Å². The molecular formula is C8H14N2O2. The van der Waals surface area contributed by atoms with Crippen LogP contribution in [0.5, 0.6) is 0 Å². The maximum Gasteiger partial charge on any atom is 0.234 e. The molecule has 0 fully saturated rings. The minimum absolute atomic E-state index is 0.656. The molecule has 0 aliphatic heterocycles. The molecule has 0 saturated carbocycles. The van der Waals surface area contributed by atoms with Gasteiger partial charge in [-0.1, -0.05) is 26.2 Å². The van der Waals surface area contributed by atoms with Crippen LogP contribution in [0.1, 0.15) is 32.6 Å². The molecule has 0 aromatic carbocycles. The third-order valence-electron chi connectivity index (χ3n) is 1.19. The van der Waals surface area contributed by atoms with Crippen LogP contribution in [-0.2, 0) is 9.59 Å². The first-order chi connectivity index (χ1) is 5.83. The van der Waals surface area contributed by atoms with Crippen LogP contribution >= 0.6 is 0 Å². The van der Waals surface area contributed by atoms with Gasteiger partial charge in [0.1, 0.15) is 0 Å². The number of isocyanates is 2. The van der Waals surface area contributed by atoms with E-state index in [1.54, 1.807) is 0 Å². The number of unbranched alkanes of at least 4 members (excludes halogenated alkanes) is 3. The Balaban J connectivity index is 0. The van der Waals surface area contributed by atoms with Crippen LogP contribution in [0.4, 0.5) is 0 Å². The van der Waals surface area contributed by atoms with E-state index in [4.69, 9.17) is 10.2 Å². The first kappa shape index (κ1) is 13.4. The van der Waals surface area contributed by atoms with Crippen molar-refractivity contribution >= 4 is 12.2 Å². The highest BCUT2D eigenvalue weighted by atomic mass is 16.1. The quantitative estimate of drug-likeness (QED) is 0.388. The summed E-state index contributed by atoms with van der Waals surface area (Å²) in [6, 6.07) is 0. The molecule has 0 saturated heterocycles. The molecule has 12 heavy (non-hydrogen) atoms. The summed E-state index contributed by atoms with van der Waals surface area (Å²) in [4.78, 5) is 21.3. The van der Waals surface area contributed by atoms with E-state index in [-0.39, 0.29) is 0 Å². The molecule has 0 rings (SSSR count). The van der Waals surface area contributed by atoms with Crippen LogP contribution in [0.2, 0.25) is 0 Å². The lowest BCUT2D eigenvalue weighted by Gasteiger charge is -1.90. The van der Waals surface area contributed by atoms with Crippen molar-refractivity contribution in [2.75, 3.05) is 6.54 Å². The summed E-state index contributed by atoms with van der Waals surface area (Å²) in [5, 5.41) is 5.40. The molecule has 0 heterocycles. The van der Waals surface area contributed by atoms with Crippen LogP contribution in [0.25, 0.3) is 0 Å². The number of hydrogen-bond donors (Lipinski definition) is 1. The molecule has 0 unspecified atom stereocenters. The Bertz CT molecular complexity index is 156. The molecule has 0 aliphatic carbocycles. The zero-order valence-corrected chi connectivity index (χ0v) is 7.30. The lowest BCUT2D eigenvalue weighted by molar-refractivity contribution is 0.561. The molecule has 0 amide bonds. The van der Waals surface area contributed by atoms with Crippen molar-refractivity contribution in [3.05, 3.63) is 0 Å². The summed E-state index contributed by atoms with van der Waals surface area (Å²) in [6.07, 6.45) is 6.95. The summed E-state index contributed by atoms with van der Waals surface area (Å²) < 4.78 is 0. The second-order valence-electron chi connectivity index (χ2n) is 2.14. The SMILES string of the molecule is CCCCCCN=C=O.N=C=O. The van der Waals surface area contributed by atoms with Gasteiger partial charge in [0, 0.05) is 0 Å². The van der Waals surface area contributed by atoms with Gasteiger partial charge in [-0.15, -0.1) is 0 Å². The highest BCUT2D eigenvalue weighted by molar-refractivity contribution is 5.32. The lowest BCUT2D eigenvalue weighted by Crippen LogP contribution is -1.79. The molecule has 0 atom stereocenters. The van der Waals surface area contributed by atoms with Crippen LogP contribution in [0.3, 0.4) is 0 Å².